The minimum Gasteiger partial charge on any atom is -0.374 e. The van der Waals surface area contributed by atoms with Crippen LogP contribution in [0.25, 0.3) is 0 Å². The van der Waals surface area contributed by atoms with Crippen LogP contribution >= 0.6 is 11.3 Å². The van der Waals surface area contributed by atoms with Crippen molar-refractivity contribution in [3.63, 3.8) is 0 Å². The fourth-order valence-corrected chi connectivity index (χ4v) is 4.13. The van der Waals surface area contributed by atoms with Crippen LogP contribution in [0.4, 0.5) is 0 Å². The number of carbonyl (C=O) groups excluding carboxylic acids is 1. The molecule has 0 bridgehead atoms. The van der Waals surface area contributed by atoms with E-state index in [1.807, 2.05) is 5.38 Å². The highest BCUT2D eigenvalue weighted by Gasteiger charge is 2.33. The number of carbonyl (C=O) groups is 1. The molecule has 7 heteroatoms. The van der Waals surface area contributed by atoms with E-state index in [0.29, 0.717) is 12.2 Å². The summed E-state index contributed by atoms with van der Waals surface area (Å²) in [6.45, 7) is 4.04. The molecule has 4 rings (SSSR count). The predicted octanol–water partition coefficient (Wildman–Crippen LogP) is 1.59. The monoisotopic (exact) mass is 337 g/mol. The molecule has 0 spiro atoms. The standard InChI is InChI=1S/C16H23N3O3S/c20-15(13-10-23-16(18-13)14-2-1-6-22-14)17-8-12-9-19(5-7-21-12)11-3-4-11/h10-12,14H,1-9H2,(H,17,20)/t12-,14+/m1/s1. The summed E-state index contributed by atoms with van der Waals surface area (Å²) in [5.41, 5.74) is 0.496. The molecule has 2 saturated heterocycles. The maximum Gasteiger partial charge on any atom is 0.270 e. The van der Waals surface area contributed by atoms with Crippen molar-refractivity contribution >= 4 is 17.2 Å². The second-order valence-corrected chi connectivity index (χ2v) is 7.39. The number of nitrogens with zero attached hydrogens (tertiary/aromatic N) is 2. The van der Waals surface area contributed by atoms with Gasteiger partial charge in [-0.2, -0.15) is 0 Å². The molecular formula is C16H23N3O3S. The second kappa shape index (κ2) is 6.84. The molecule has 0 unspecified atom stereocenters. The number of amides is 1. The number of aromatic nitrogens is 1. The average Bonchev–Trinajstić information content (AvgIpc) is 3.08. The number of morpholine rings is 1. The molecule has 1 N–H and O–H groups in total. The van der Waals surface area contributed by atoms with Crippen molar-refractivity contribution in [3.8, 4) is 0 Å². The maximum atomic E-state index is 12.3. The molecule has 3 heterocycles. The third-order valence-corrected chi connectivity index (χ3v) is 5.62. The second-order valence-electron chi connectivity index (χ2n) is 6.50. The van der Waals surface area contributed by atoms with E-state index in [0.717, 1.165) is 50.2 Å². The van der Waals surface area contributed by atoms with Crippen molar-refractivity contribution < 1.29 is 14.3 Å². The highest BCUT2D eigenvalue weighted by atomic mass is 32.1. The number of rotatable bonds is 5. The zero-order chi connectivity index (χ0) is 15.6. The summed E-state index contributed by atoms with van der Waals surface area (Å²) in [6, 6.07) is 0.754. The van der Waals surface area contributed by atoms with Gasteiger partial charge in [-0.25, -0.2) is 4.98 Å². The van der Waals surface area contributed by atoms with Crippen LogP contribution in [0.3, 0.4) is 0 Å². The van der Waals surface area contributed by atoms with Gasteiger partial charge < -0.3 is 14.8 Å². The van der Waals surface area contributed by atoms with Crippen LogP contribution in [-0.4, -0.2) is 60.8 Å². The van der Waals surface area contributed by atoms with Gasteiger partial charge in [0, 0.05) is 37.7 Å². The summed E-state index contributed by atoms with van der Waals surface area (Å²) in [7, 11) is 0. The van der Waals surface area contributed by atoms with Crippen molar-refractivity contribution in [3.05, 3.63) is 16.1 Å². The van der Waals surface area contributed by atoms with Crippen molar-refractivity contribution in [2.75, 3.05) is 32.8 Å². The van der Waals surface area contributed by atoms with Gasteiger partial charge in [0.25, 0.3) is 5.91 Å². The minimum absolute atomic E-state index is 0.0790. The van der Waals surface area contributed by atoms with Gasteiger partial charge in [-0.05, 0) is 25.7 Å². The Bertz CT molecular complexity index is 555. The maximum absolute atomic E-state index is 12.3. The van der Waals surface area contributed by atoms with Crippen molar-refractivity contribution in [2.45, 2.75) is 43.9 Å². The molecule has 1 aromatic heterocycles. The average molecular weight is 337 g/mol. The van der Waals surface area contributed by atoms with Crippen LogP contribution in [0.2, 0.25) is 0 Å². The van der Waals surface area contributed by atoms with Crippen LogP contribution in [-0.2, 0) is 9.47 Å². The molecule has 3 fully saturated rings. The zero-order valence-corrected chi connectivity index (χ0v) is 14.0. The third kappa shape index (κ3) is 3.74. The highest BCUT2D eigenvalue weighted by molar-refractivity contribution is 7.09. The molecule has 1 amide bonds. The van der Waals surface area contributed by atoms with Crippen molar-refractivity contribution in [1.82, 2.24) is 15.2 Å². The normalized spacial score (nSPS) is 28.9. The fourth-order valence-electron chi connectivity index (χ4n) is 3.25. The van der Waals surface area contributed by atoms with Crippen LogP contribution in [0.5, 0.6) is 0 Å². The molecule has 1 saturated carbocycles. The van der Waals surface area contributed by atoms with Gasteiger partial charge in [-0.1, -0.05) is 0 Å². The van der Waals surface area contributed by atoms with E-state index >= 15 is 0 Å². The Hall–Kier alpha value is -1.02. The van der Waals surface area contributed by atoms with Crippen LogP contribution in [0.1, 0.15) is 47.3 Å². The van der Waals surface area contributed by atoms with Gasteiger partial charge in [-0.15, -0.1) is 11.3 Å². The molecule has 0 radical (unpaired) electrons. The van der Waals surface area contributed by atoms with E-state index in [9.17, 15) is 4.79 Å². The van der Waals surface area contributed by atoms with Gasteiger partial charge >= 0.3 is 0 Å². The van der Waals surface area contributed by atoms with E-state index in [1.165, 1.54) is 24.2 Å². The molecule has 1 aromatic rings. The Kier molecular flexibility index (Phi) is 4.61. The summed E-state index contributed by atoms with van der Waals surface area (Å²) in [6.07, 6.45) is 4.86. The highest BCUT2D eigenvalue weighted by Crippen LogP contribution is 2.30. The van der Waals surface area contributed by atoms with Gasteiger partial charge in [0.05, 0.1) is 12.7 Å². The fraction of sp³-hybridized carbons (Fsp3) is 0.750. The van der Waals surface area contributed by atoms with E-state index in [1.54, 1.807) is 0 Å². The summed E-state index contributed by atoms with van der Waals surface area (Å²) in [5, 5.41) is 5.71. The number of nitrogens with one attached hydrogen (secondary N) is 1. The Balaban J connectivity index is 1.27. The molecule has 2 atom stereocenters. The SMILES string of the molecule is O=C(NC[C@@H]1CN(C2CC2)CCO1)c1csc([C@@H]2CCCO2)n1. The van der Waals surface area contributed by atoms with Gasteiger partial charge in [0.2, 0.25) is 0 Å². The molecule has 126 valence electrons. The topological polar surface area (TPSA) is 63.7 Å². The van der Waals surface area contributed by atoms with Gasteiger partial charge in [0.15, 0.2) is 0 Å². The van der Waals surface area contributed by atoms with E-state index in [2.05, 4.69) is 15.2 Å². The number of ether oxygens (including phenoxy) is 2. The first-order valence-corrected chi connectivity index (χ1v) is 9.38. The Morgan fingerprint density at radius 1 is 1.35 bits per heavy atom. The molecule has 1 aliphatic carbocycles. The lowest BCUT2D eigenvalue weighted by molar-refractivity contribution is -0.0293. The summed E-state index contributed by atoms with van der Waals surface area (Å²) in [5.74, 6) is -0.113. The van der Waals surface area contributed by atoms with Gasteiger partial charge in [-0.3, -0.25) is 9.69 Å². The Labute approximate surface area is 140 Å². The molecule has 23 heavy (non-hydrogen) atoms. The van der Waals surface area contributed by atoms with Crippen LogP contribution < -0.4 is 5.32 Å². The Morgan fingerprint density at radius 3 is 3.04 bits per heavy atom. The lowest BCUT2D eigenvalue weighted by Gasteiger charge is -2.33. The lowest BCUT2D eigenvalue weighted by atomic mass is 10.2. The molecular weight excluding hydrogens is 314 g/mol. The van der Waals surface area contributed by atoms with Crippen molar-refractivity contribution in [1.29, 1.82) is 0 Å². The molecule has 6 nitrogen and oxygen atoms in total. The first kappa shape index (κ1) is 15.5. The quantitative estimate of drug-likeness (QED) is 0.884. The lowest BCUT2D eigenvalue weighted by Crippen LogP contribution is -2.48. The van der Waals surface area contributed by atoms with Crippen LogP contribution in [0, 0.1) is 0 Å². The van der Waals surface area contributed by atoms with Gasteiger partial charge in [0.1, 0.15) is 16.8 Å². The third-order valence-electron chi connectivity index (χ3n) is 4.68. The number of hydrogen-bond donors (Lipinski definition) is 1. The first-order valence-electron chi connectivity index (χ1n) is 8.50. The van der Waals surface area contributed by atoms with E-state index in [4.69, 9.17) is 9.47 Å². The number of hydrogen-bond acceptors (Lipinski definition) is 6. The summed E-state index contributed by atoms with van der Waals surface area (Å²) < 4.78 is 11.4. The Morgan fingerprint density at radius 2 is 2.26 bits per heavy atom. The first-order chi connectivity index (χ1) is 11.3. The summed E-state index contributed by atoms with van der Waals surface area (Å²) >= 11 is 1.51. The summed E-state index contributed by atoms with van der Waals surface area (Å²) in [4.78, 5) is 19.2. The van der Waals surface area contributed by atoms with Crippen LogP contribution in [0.15, 0.2) is 5.38 Å². The van der Waals surface area contributed by atoms with E-state index in [-0.39, 0.29) is 18.1 Å². The predicted molar refractivity (Wildman–Crippen MR) is 86.7 cm³/mol. The largest absolute Gasteiger partial charge is 0.374 e. The zero-order valence-electron chi connectivity index (χ0n) is 13.2. The molecule has 0 aromatic carbocycles. The molecule has 2 aliphatic heterocycles. The molecule has 3 aliphatic rings. The van der Waals surface area contributed by atoms with E-state index < -0.39 is 0 Å². The number of thiazole rings is 1. The van der Waals surface area contributed by atoms with Crippen molar-refractivity contribution in [2.24, 2.45) is 0 Å². The minimum atomic E-state index is -0.113. The smallest absolute Gasteiger partial charge is 0.270 e.